The molecule has 24 heavy (non-hydrogen) atoms. The van der Waals surface area contributed by atoms with Gasteiger partial charge in [-0.05, 0) is 42.5 Å². The molecule has 1 N–H and O–H groups in total. The summed E-state index contributed by atoms with van der Waals surface area (Å²) in [4.78, 5) is 7.78. The second-order valence-electron chi connectivity index (χ2n) is 5.26. The van der Waals surface area contributed by atoms with Crippen LogP contribution in [0.4, 0.5) is 0 Å². The molecule has 4 aromatic rings. The molecule has 0 amide bonds. The van der Waals surface area contributed by atoms with Gasteiger partial charge in [0.25, 0.3) is 0 Å². The lowest BCUT2D eigenvalue weighted by Crippen LogP contribution is -1.81. The van der Waals surface area contributed by atoms with Crippen molar-refractivity contribution in [3.63, 3.8) is 0 Å². The third-order valence-corrected chi connectivity index (χ3v) is 4.27. The largest absolute Gasteiger partial charge is 0.497 e. The zero-order valence-corrected chi connectivity index (χ0v) is 14.2. The van der Waals surface area contributed by atoms with Gasteiger partial charge in [0.15, 0.2) is 11.6 Å². The number of halogens is 2. The molecule has 2 heterocycles. The summed E-state index contributed by atoms with van der Waals surface area (Å²) < 4.78 is 11.1. The molecule has 0 radical (unpaired) electrons. The lowest BCUT2D eigenvalue weighted by Gasteiger charge is -2.01. The summed E-state index contributed by atoms with van der Waals surface area (Å²) in [5, 5.41) is 1.12. The van der Waals surface area contributed by atoms with E-state index in [1.807, 2.05) is 36.4 Å². The summed E-state index contributed by atoms with van der Waals surface area (Å²) >= 11 is 12.2. The standard InChI is InChI=1S/C18H12Cl2N2O2/c1-23-11-3-5-14-15(9-11)22-18(21-14)17-7-6-16(24-17)12-4-2-10(19)8-13(12)20/h2-9H,1H3,(H,21,22). The average Bonchev–Trinajstić information content (AvgIpc) is 3.20. The highest BCUT2D eigenvalue weighted by Crippen LogP contribution is 2.34. The van der Waals surface area contributed by atoms with Gasteiger partial charge >= 0.3 is 0 Å². The van der Waals surface area contributed by atoms with Crippen molar-refractivity contribution in [2.24, 2.45) is 0 Å². The fourth-order valence-corrected chi connectivity index (χ4v) is 3.03. The Morgan fingerprint density at radius 3 is 2.62 bits per heavy atom. The van der Waals surface area contributed by atoms with Gasteiger partial charge in [0, 0.05) is 16.7 Å². The van der Waals surface area contributed by atoms with Crippen LogP contribution < -0.4 is 4.74 Å². The maximum atomic E-state index is 6.24. The van der Waals surface area contributed by atoms with Crippen molar-refractivity contribution in [2.75, 3.05) is 7.11 Å². The van der Waals surface area contributed by atoms with E-state index in [1.165, 1.54) is 0 Å². The van der Waals surface area contributed by atoms with E-state index in [0.29, 0.717) is 27.4 Å². The molecule has 0 fully saturated rings. The molecule has 0 aliphatic rings. The molecule has 0 saturated carbocycles. The number of imidazole rings is 1. The van der Waals surface area contributed by atoms with Crippen LogP contribution in [-0.2, 0) is 0 Å². The Bertz CT molecular complexity index is 1040. The number of nitrogens with zero attached hydrogens (tertiary/aromatic N) is 1. The zero-order valence-electron chi connectivity index (χ0n) is 12.6. The SMILES string of the molecule is COc1ccc2nc(-c3ccc(-c4ccc(Cl)cc4Cl)o3)[nH]c2c1. The van der Waals surface area contributed by atoms with Gasteiger partial charge in [-0.2, -0.15) is 0 Å². The minimum absolute atomic E-state index is 0.540. The van der Waals surface area contributed by atoms with Gasteiger partial charge in [0.2, 0.25) is 0 Å². The first kappa shape index (κ1) is 15.1. The molecule has 0 spiro atoms. The van der Waals surface area contributed by atoms with Crippen molar-refractivity contribution in [1.29, 1.82) is 0 Å². The van der Waals surface area contributed by atoms with Crippen LogP contribution in [0.15, 0.2) is 52.9 Å². The fraction of sp³-hybridized carbons (Fsp3) is 0.0556. The average molecular weight is 359 g/mol. The van der Waals surface area contributed by atoms with Gasteiger partial charge in [0.05, 0.1) is 23.2 Å². The molecule has 0 saturated heterocycles. The highest BCUT2D eigenvalue weighted by Gasteiger charge is 2.13. The smallest absolute Gasteiger partial charge is 0.174 e. The first-order chi connectivity index (χ1) is 11.6. The molecule has 4 rings (SSSR count). The van der Waals surface area contributed by atoms with Crippen LogP contribution in [0.3, 0.4) is 0 Å². The maximum Gasteiger partial charge on any atom is 0.174 e. The molecule has 0 bridgehead atoms. The summed E-state index contributed by atoms with van der Waals surface area (Å²) in [7, 11) is 1.63. The lowest BCUT2D eigenvalue weighted by molar-refractivity contribution is 0.415. The van der Waals surface area contributed by atoms with Crippen molar-refractivity contribution >= 4 is 34.2 Å². The van der Waals surface area contributed by atoms with Gasteiger partial charge in [0.1, 0.15) is 11.5 Å². The van der Waals surface area contributed by atoms with Crippen LogP contribution in [0.25, 0.3) is 33.9 Å². The number of ether oxygens (including phenoxy) is 1. The van der Waals surface area contributed by atoms with E-state index in [9.17, 15) is 0 Å². The number of furan rings is 1. The molecule has 2 aromatic carbocycles. The number of methoxy groups -OCH3 is 1. The molecule has 0 aliphatic heterocycles. The molecule has 0 atom stereocenters. The van der Waals surface area contributed by atoms with Crippen molar-refractivity contribution in [1.82, 2.24) is 9.97 Å². The highest BCUT2D eigenvalue weighted by molar-refractivity contribution is 6.36. The second-order valence-corrected chi connectivity index (χ2v) is 6.10. The predicted octanol–water partition coefficient (Wildman–Crippen LogP) is 5.81. The number of benzene rings is 2. The highest BCUT2D eigenvalue weighted by atomic mass is 35.5. The lowest BCUT2D eigenvalue weighted by atomic mass is 10.2. The zero-order chi connectivity index (χ0) is 16.7. The van der Waals surface area contributed by atoms with Crippen molar-refractivity contribution in [3.05, 3.63) is 58.6 Å². The quantitative estimate of drug-likeness (QED) is 0.503. The van der Waals surface area contributed by atoms with Gasteiger partial charge in [-0.1, -0.05) is 23.2 Å². The summed E-state index contributed by atoms with van der Waals surface area (Å²) in [6.07, 6.45) is 0. The maximum absolute atomic E-state index is 6.24. The van der Waals surface area contributed by atoms with Crippen LogP contribution in [0.2, 0.25) is 10.0 Å². The fourth-order valence-electron chi connectivity index (χ4n) is 2.53. The van der Waals surface area contributed by atoms with E-state index in [2.05, 4.69) is 9.97 Å². The molecule has 120 valence electrons. The minimum Gasteiger partial charge on any atom is -0.497 e. The third-order valence-electron chi connectivity index (χ3n) is 3.73. The van der Waals surface area contributed by atoms with Crippen molar-refractivity contribution in [3.8, 4) is 28.7 Å². The Morgan fingerprint density at radius 2 is 1.83 bits per heavy atom. The Labute approximate surface area is 148 Å². The van der Waals surface area contributed by atoms with Gasteiger partial charge in [-0.25, -0.2) is 4.98 Å². The van der Waals surface area contributed by atoms with Crippen LogP contribution in [-0.4, -0.2) is 17.1 Å². The Kier molecular flexibility index (Phi) is 3.71. The number of nitrogens with one attached hydrogen (secondary N) is 1. The molecule has 0 aliphatic carbocycles. The van der Waals surface area contributed by atoms with E-state index < -0.39 is 0 Å². The summed E-state index contributed by atoms with van der Waals surface area (Å²) in [5.41, 5.74) is 2.50. The van der Waals surface area contributed by atoms with Gasteiger partial charge in [-0.3, -0.25) is 0 Å². The number of hydrogen-bond donors (Lipinski definition) is 1. The van der Waals surface area contributed by atoms with E-state index >= 15 is 0 Å². The molecular weight excluding hydrogens is 347 g/mol. The number of rotatable bonds is 3. The van der Waals surface area contributed by atoms with Gasteiger partial charge < -0.3 is 14.1 Å². The summed E-state index contributed by atoms with van der Waals surface area (Å²) in [6, 6.07) is 14.7. The van der Waals surface area contributed by atoms with Crippen molar-refractivity contribution in [2.45, 2.75) is 0 Å². The van der Waals surface area contributed by atoms with E-state index in [0.717, 1.165) is 22.3 Å². The summed E-state index contributed by atoms with van der Waals surface area (Å²) in [6.45, 7) is 0. The van der Waals surface area contributed by atoms with Crippen LogP contribution in [0.5, 0.6) is 5.75 Å². The Hall–Kier alpha value is -2.43. The normalized spacial score (nSPS) is 11.1. The second kappa shape index (κ2) is 5.89. The van der Waals surface area contributed by atoms with E-state index in [1.54, 1.807) is 19.2 Å². The molecular formula is C18H12Cl2N2O2. The molecule has 0 unspecified atom stereocenters. The first-order valence-electron chi connectivity index (χ1n) is 7.23. The van der Waals surface area contributed by atoms with Crippen LogP contribution in [0, 0.1) is 0 Å². The minimum atomic E-state index is 0.540. The predicted molar refractivity (Wildman–Crippen MR) is 95.8 cm³/mol. The summed E-state index contributed by atoms with van der Waals surface area (Å²) in [5.74, 6) is 2.70. The van der Waals surface area contributed by atoms with E-state index in [-0.39, 0.29) is 0 Å². The topological polar surface area (TPSA) is 51.1 Å². The number of fused-ring (bicyclic) bond motifs is 1. The Balaban J connectivity index is 1.74. The monoisotopic (exact) mass is 358 g/mol. The number of hydrogen-bond acceptors (Lipinski definition) is 3. The number of aromatic amines is 1. The van der Waals surface area contributed by atoms with Gasteiger partial charge in [-0.15, -0.1) is 0 Å². The van der Waals surface area contributed by atoms with Crippen LogP contribution in [0.1, 0.15) is 0 Å². The first-order valence-corrected chi connectivity index (χ1v) is 7.99. The third kappa shape index (κ3) is 2.64. The van der Waals surface area contributed by atoms with E-state index in [4.69, 9.17) is 32.4 Å². The molecule has 4 nitrogen and oxygen atoms in total. The molecule has 6 heteroatoms. The Morgan fingerprint density at radius 1 is 1.00 bits per heavy atom. The van der Waals surface area contributed by atoms with Crippen LogP contribution >= 0.6 is 23.2 Å². The number of aromatic nitrogens is 2. The van der Waals surface area contributed by atoms with Crippen molar-refractivity contribution < 1.29 is 9.15 Å². The molecule has 2 aromatic heterocycles. The number of H-pyrrole nitrogens is 1.